The molecule has 0 aliphatic carbocycles. The van der Waals surface area contributed by atoms with Crippen molar-refractivity contribution in [3.8, 4) is 5.75 Å². The van der Waals surface area contributed by atoms with Gasteiger partial charge in [-0.3, -0.25) is 14.7 Å². The normalized spacial score (nSPS) is 23.0. The number of halogens is 1. The molecule has 9 nitrogen and oxygen atoms in total. The first-order valence-electron chi connectivity index (χ1n) is 9.23. The lowest BCUT2D eigenvalue weighted by molar-refractivity contribution is -0.385. The number of nitro groups is 1. The molecule has 0 saturated carbocycles. The maximum atomic E-state index is 11.5. The van der Waals surface area contributed by atoms with Crippen LogP contribution in [0.1, 0.15) is 18.5 Å². The van der Waals surface area contributed by atoms with Crippen molar-refractivity contribution in [3.63, 3.8) is 0 Å². The SMILES string of the molecule is COC(OC)[C@]1(C)Oc2ccc([N+](=O)[O-])cc2[C@@H](n2c(=S)oc3ccc(Cl)cc32)[C@H]1O. The van der Waals surface area contributed by atoms with Crippen molar-refractivity contribution in [1.29, 1.82) is 0 Å². The molecule has 2 heterocycles. The molecule has 0 bridgehead atoms. The molecule has 0 unspecified atom stereocenters. The van der Waals surface area contributed by atoms with Gasteiger partial charge in [0.25, 0.3) is 10.5 Å². The molecule has 1 aliphatic heterocycles. The number of hydrogen-bond donors (Lipinski definition) is 1. The summed E-state index contributed by atoms with van der Waals surface area (Å²) in [5, 5.41) is 23.4. The van der Waals surface area contributed by atoms with E-state index in [1.807, 2.05) is 0 Å². The molecule has 3 aromatic rings. The third-order valence-electron chi connectivity index (χ3n) is 5.49. The number of nitro benzene ring substituents is 1. The third-order valence-corrected chi connectivity index (χ3v) is 6.00. The number of benzene rings is 2. The van der Waals surface area contributed by atoms with Gasteiger partial charge in [-0.1, -0.05) is 11.6 Å². The lowest BCUT2D eigenvalue weighted by atomic mass is 9.84. The van der Waals surface area contributed by atoms with Crippen LogP contribution in [0.15, 0.2) is 40.8 Å². The van der Waals surface area contributed by atoms with Gasteiger partial charge in [0.05, 0.1) is 16.5 Å². The quantitative estimate of drug-likeness (QED) is 0.257. The predicted molar refractivity (Wildman–Crippen MR) is 114 cm³/mol. The van der Waals surface area contributed by atoms with Crippen LogP contribution >= 0.6 is 23.8 Å². The Morgan fingerprint density at radius 1 is 1.29 bits per heavy atom. The average Bonchev–Trinajstić information content (AvgIpc) is 3.04. The van der Waals surface area contributed by atoms with Crippen molar-refractivity contribution in [1.82, 2.24) is 4.57 Å². The Bertz CT molecular complexity index is 1220. The Morgan fingerprint density at radius 3 is 2.65 bits per heavy atom. The number of non-ortho nitro benzene ring substituents is 1. The number of hydrogen-bond acceptors (Lipinski definition) is 8. The minimum Gasteiger partial charge on any atom is -0.479 e. The van der Waals surface area contributed by atoms with Crippen molar-refractivity contribution in [2.24, 2.45) is 0 Å². The number of rotatable bonds is 5. The van der Waals surface area contributed by atoms with Crippen molar-refractivity contribution in [2.45, 2.75) is 31.0 Å². The van der Waals surface area contributed by atoms with Gasteiger partial charge in [0.15, 0.2) is 17.5 Å². The Balaban J connectivity index is 2.03. The zero-order valence-corrected chi connectivity index (χ0v) is 18.3. The van der Waals surface area contributed by atoms with Crippen molar-refractivity contribution >= 4 is 40.6 Å². The molecule has 11 heteroatoms. The van der Waals surface area contributed by atoms with Gasteiger partial charge >= 0.3 is 0 Å². The summed E-state index contributed by atoms with van der Waals surface area (Å²) in [4.78, 5) is 11.0. The highest BCUT2D eigenvalue weighted by molar-refractivity contribution is 7.71. The summed E-state index contributed by atoms with van der Waals surface area (Å²) in [7, 11) is 2.85. The lowest BCUT2D eigenvalue weighted by Crippen LogP contribution is -2.60. The Morgan fingerprint density at radius 2 is 2.00 bits per heavy atom. The maximum Gasteiger partial charge on any atom is 0.270 e. The number of aromatic nitrogens is 1. The van der Waals surface area contributed by atoms with Crippen LogP contribution in [-0.2, 0) is 9.47 Å². The fourth-order valence-corrected chi connectivity index (χ4v) is 4.52. The number of aliphatic hydroxyl groups is 1. The number of nitrogens with zero attached hydrogens (tertiary/aromatic N) is 2. The number of aliphatic hydroxyl groups excluding tert-OH is 1. The van der Waals surface area contributed by atoms with Crippen LogP contribution in [0.4, 0.5) is 5.69 Å². The van der Waals surface area contributed by atoms with E-state index in [0.717, 1.165) is 0 Å². The van der Waals surface area contributed by atoms with Gasteiger partial charge in [0, 0.05) is 36.9 Å². The molecule has 0 amide bonds. The smallest absolute Gasteiger partial charge is 0.270 e. The molecule has 0 fully saturated rings. The summed E-state index contributed by atoms with van der Waals surface area (Å²) < 4.78 is 24.2. The Kier molecular flexibility index (Phi) is 5.52. The second-order valence-corrected chi connectivity index (χ2v) is 8.09. The van der Waals surface area contributed by atoms with Gasteiger partial charge < -0.3 is 23.7 Å². The zero-order chi connectivity index (χ0) is 22.5. The summed E-state index contributed by atoms with van der Waals surface area (Å²) >= 11 is 11.6. The molecule has 0 spiro atoms. The van der Waals surface area contributed by atoms with Gasteiger partial charge in [-0.05, 0) is 43.4 Å². The summed E-state index contributed by atoms with van der Waals surface area (Å²) in [6.45, 7) is 1.63. The molecule has 1 aromatic heterocycles. The van der Waals surface area contributed by atoms with Gasteiger partial charge in [0.1, 0.15) is 11.9 Å². The highest BCUT2D eigenvalue weighted by Crippen LogP contribution is 2.46. The van der Waals surface area contributed by atoms with Crippen molar-refractivity contribution in [2.75, 3.05) is 14.2 Å². The van der Waals surface area contributed by atoms with Gasteiger partial charge in [0.2, 0.25) is 0 Å². The first-order valence-corrected chi connectivity index (χ1v) is 10.0. The molecular weight excluding hydrogens is 448 g/mol. The standard InChI is InChI=1S/C20H19ClN2O7S/c1-20(18(27-2)28-3)17(24)16(12-9-11(23(25)26)5-7-14(12)30-20)22-13-8-10(21)4-6-15(13)29-19(22)31/h4-9,16-18,24H,1-3H3/t16-,17-,20-/m1/s1. The van der Waals surface area contributed by atoms with E-state index < -0.39 is 29.0 Å². The van der Waals surface area contributed by atoms with Crippen LogP contribution in [0.25, 0.3) is 11.1 Å². The lowest BCUT2D eigenvalue weighted by Gasteiger charge is -2.46. The molecule has 0 radical (unpaired) electrons. The van der Waals surface area contributed by atoms with Gasteiger partial charge in [-0.15, -0.1) is 0 Å². The van der Waals surface area contributed by atoms with E-state index in [2.05, 4.69) is 0 Å². The fraction of sp³-hybridized carbons (Fsp3) is 0.350. The molecule has 31 heavy (non-hydrogen) atoms. The molecular formula is C20H19ClN2O7S. The molecule has 1 aliphatic rings. The van der Waals surface area contributed by atoms with E-state index in [9.17, 15) is 15.2 Å². The van der Waals surface area contributed by atoms with Crippen LogP contribution in [0.3, 0.4) is 0 Å². The second kappa shape index (κ2) is 7.88. The minimum absolute atomic E-state index is 0.0643. The van der Waals surface area contributed by atoms with E-state index in [1.165, 1.54) is 32.4 Å². The van der Waals surface area contributed by atoms with Crippen LogP contribution in [0, 0.1) is 15.0 Å². The van der Waals surface area contributed by atoms with Crippen LogP contribution in [0.2, 0.25) is 5.02 Å². The molecule has 2 aromatic carbocycles. The van der Waals surface area contributed by atoms with Crippen LogP contribution in [0.5, 0.6) is 5.75 Å². The topological polar surface area (TPSA) is 109 Å². The third kappa shape index (κ3) is 3.40. The maximum absolute atomic E-state index is 11.5. The van der Waals surface area contributed by atoms with E-state index in [0.29, 0.717) is 27.4 Å². The van der Waals surface area contributed by atoms with E-state index >= 15 is 0 Å². The second-order valence-electron chi connectivity index (χ2n) is 7.31. The minimum atomic E-state index is -1.38. The van der Waals surface area contributed by atoms with Crippen molar-refractivity contribution < 1.29 is 28.7 Å². The Hall–Kier alpha value is -2.50. The van der Waals surface area contributed by atoms with E-state index in [4.69, 9.17) is 42.4 Å². The molecule has 0 saturated heterocycles. The highest BCUT2D eigenvalue weighted by atomic mass is 35.5. The summed E-state index contributed by atoms with van der Waals surface area (Å²) in [5.74, 6) is 0.320. The number of oxazole rings is 1. The monoisotopic (exact) mass is 466 g/mol. The number of methoxy groups -OCH3 is 2. The van der Waals surface area contributed by atoms with E-state index in [1.54, 1.807) is 29.7 Å². The molecule has 4 rings (SSSR count). The largest absolute Gasteiger partial charge is 0.479 e. The van der Waals surface area contributed by atoms with Crippen LogP contribution < -0.4 is 4.74 Å². The highest BCUT2D eigenvalue weighted by Gasteiger charge is 2.53. The summed E-state index contributed by atoms with van der Waals surface area (Å²) in [6.07, 6.45) is -2.25. The fourth-order valence-electron chi connectivity index (χ4n) is 4.06. The van der Waals surface area contributed by atoms with Gasteiger partial charge in [-0.25, -0.2) is 0 Å². The van der Waals surface area contributed by atoms with Crippen LogP contribution in [-0.4, -0.2) is 46.8 Å². The first-order chi connectivity index (χ1) is 14.7. The predicted octanol–water partition coefficient (Wildman–Crippen LogP) is 4.25. The first kappa shape index (κ1) is 21.7. The summed E-state index contributed by atoms with van der Waals surface area (Å²) in [6, 6.07) is 8.21. The van der Waals surface area contributed by atoms with E-state index in [-0.39, 0.29) is 10.5 Å². The van der Waals surface area contributed by atoms with Gasteiger partial charge in [-0.2, -0.15) is 0 Å². The number of ether oxygens (including phenoxy) is 3. The van der Waals surface area contributed by atoms with Crippen molar-refractivity contribution in [3.05, 3.63) is 61.9 Å². The molecule has 164 valence electrons. The zero-order valence-electron chi connectivity index (χ0n) is 16.8. The number of fused-ring (bicyclic) bond motifs is 2. The Labute approximate surface area is 186 Å². The molecule has 3 atom stereocenters. The summed E-state index contributed by atoms with van der Waals surface area (Å²) in [5.41, 5.74) is -0.195. The molecule has 1 N–H and O–H groups in total. The average molecular weight is 467 g/mol.